The molecule has 2 aromatic rings. The largest absolute Gasteiger partial charge is 0.497 e. The van der Waals surface area contributed by atoms with E-state index in [2.05, 4.69) is 0 Å². The topological polar surface area (TPSA) is 44.5 Å². The summed E-state index contributed by atoms with van der Waals surface area (Å²) in [6, 6.07) is 9.12. The maximum absolute atomic E-state index is 13.2. The third-order valence-corrected chi connectivity index (χ3v) is 3.89. The van der Waals surface area contributed by atoms with Crippen LogP contribution in [0.3, 0.4) is 0 Å². The Hall–Kier alpha value is -2.21. The zero-order chi connectivity index (χ0) is 16.6. The molecule has 2 aromatic carbocycles. The summed E-state index contributed by atoms with van der Waals surface area (Å²) in [6.45, 7) is 0.262. The van der Waals surface area contributed by atoms with E-state index in [4.69, 9.17) is 15.2 Å². The zero-order valence-corrected chi connectivity index (χ0v) is 12.5. The Balaban J connectivity index is 2.12. The van der Waals surface area contributed by atoms with Gasteiger partial charge in [0.1, 0.15) is 17.6 Å². The van der Waals surface area contributed by atoms with Crippen LogP contribution in [-0.2, 0) is 12.6 Å². The number of halogens is 3. The predicted molar refractivity (Wildman–Crippen MR) is 80.6 cm³/mol. The number of alkyl halides is 3. The number of fused-ring (bicyclic) bond motifs is 1. The van der Waals surface area contributed by atoms with Gasteiger partial charge in [-0.1, -0.05) is 12.1 Å². The Morgan fingerprint density at radius 1 is 1.22 bits per heavy atom. The molecule has 23 heavy (non-hydrogen) atoms. The third kappa shape index (κ3) is 2.99. The van der Waals surface area contributed by atoms with E-state index in [0.29, 0.717) is 34.6 Å². The van der Waals surface area contributed by atoms with Crippen molar-refractivity contribution in [2.45, 2.75) is 18.7 Å². The van der Waals surface area contributed by atoms with Crippen LogP contribution in [0.25, 0.3) is 11.1 Å². The van der Waals surface area contributed by atoms with Crippen molar-refractivity contribution >= 4 is 0 Å². The molecule has 3 rings (SSSR count). The lowest BCUT2D eigenvalue weighted by Crippen LogP contribution is -2.24. The van der Waals surface area contributed by atoms with Gasteiger partial charge < -0.3 is 15.2 Å². The van der Waals surface area contributed by atoms with E-state index in [9.17, 15) is 13.2 Å². The Bertz CT molecular complexity index is 711. The van der Waals surface area contributed by atoms with Gasteiger partial charge in [0.15, 0.2) is 0 Å². The van der Waals surface area contributed by atoms with Gasteiger partial charge >= 0.3 is 6.18 Å². The van der Waals surface area contributed by atoms with Gasteiger partial charge in [0.05, 0.1) is 12.7 Å². The predicted octanol–water partition coefficient (Wildman–Crippen LogP) is 3.64. The van der Waals surface area contributed by atoms with Gasteiger partial charge in [-0.2, -0.15) is 13.2 Å². The molecule has 0 saturated carbocycles. The summed E-state index contributed by atoms with van der Waals surface area (Å²) in [5, 5.41) is 0. The summed E-state index contributed by atoms with van der Waals surface area (Å²) in [7, 11) is 1.53. The summed E-state index contributed by atoms with van der Waals surface area (Å²) in [5.41, 5.74) is 6.53. The van der Waals surface area contributed by atoms with Crippen LogP contribution in [-0.4, -0.2) is 19.8 Å². The van der Waals surface area contributed by atoms with Crippen LogP contribution in [0.4, 0.5) is 13.2 Å². The zero-order valence-electron chi connectivity index (χ0n) is 12.5. The standard InChI is InChI=1S/C17H16F3NO2/c1-22-13-4-2-10(3-5-13)15-8-12(17(18,19)20)6-11-7-14(9-21)23-16(11)15/h2-6,8,14H,7,9,21H2,1H3. The van der Waals surface area contributed by atoms with Crippen molar-refractivity contribution in [2.24, 2.45) is 5.73 Å². The summed E-state index contributed by atoms with van der Waals surface area (Å²) in [6.07, 6.45) is -4.30. The van der Waals surface area contributed by atoms with Crippen LogP contribution in [0.5, 0.6) is 11.5 Å². The molecule has 1 heterocycles. The van der Waals surface area contributed by atoms with Crippen molar-refractivity contribution in [2.75, 3.05) is 13.7 Å². The number of methoxy groups -OCH3 is 1. The van der Waals surface area contributed by atoms with E-state index in [1.807, 2.05) is 0 Å². The van der Waals surface area contributed by atoms with Crippen molar-refractivity contribution < 1.29 is 22.6 Å². The van der Waals surface area contributed by atoms with Gasteiger partial charge in [-0.05, 0) is 35.4 Å². The van der Waals surface area contributed by atoms with Gasteiger partial charge in [0.25, 0.3) is 0 Å². The maximum Gasteiger partial charge on any atom is 0.416 e. The summed E-state index contributed by atoms with van der Waals surface area (Å²) < 4.78 is 50.3. The Morgan fingerprint density at radius 3 is 2.48 bits per heavy atom. The monoisotopic (exact) mass is 323 g/mol. The molecule has 0 spiro atoms. The minimum absolute atomic E-state index is 0.262. The van der Waals surface area contributed by atoms with Crippen LogP contribution in [0, 0.1) is 0 Å². The van der Waals surface area contributed by atoms with Crippen LogP contribution < -0.4 is 15.2 Å². The molecule has 1 atom stereocenters. The van der Waals surface area contributed by atoms with E-state index < -0.39 is 11.7 Å². The minimum Gasteiger partial charge on any atom is -0.497 e. The smallest absolute Gasteiger partial charge is 0.416 e. The van der Waals surface area contributed by atoms with Gasteiger partial charge in [-0.3, -0.25) is 0 Å². The quantitative estimate of drug-likeness (QED) is 0.938. The second-order valence-electron chi connectivity index (χ2n) is 5.42. The van der Waals surface area contributed by atoms with E-state index in [1.54, 1.807) is 24.3 Å². The highest BCUT2D eigenvalue weighted by atomic mass is 19.4. The molecular weight excluding hydrogens is 307 g/mol. The highest BCUT2D eigenvalue weighted by molar-refractivity contribution is 5.74. The third-order valence-electron chi connectivity index (χ3n) is 3.89. The lowest BCUT2D eigenvalue weighted by Gasteiger charge is -2.14. The normalized spacial score (nSPS) is 16.8. The molecule has 0 radical (unpaired) electrons. The first-order chi connectivity index (χ1) is 10.9. The number of nitrogens with two attached hydrogens (primary N) is 1. The number of rotatable bonds is 3. The van der Waals surface area contributed by atoms with E-state index in [0.717, 1.165) is 12.1 Å². The van der Waals surface area contributed by atoms with Crippen LogP contribution in [0.2, 0.25) is 0 Å². The molecule has 0 saturated heterocycles. The fourth-order valence-electron chi connectivity index (χ4n) is 2.71. The highest BCUT2D eigenvalue weighted by Gasteiger charge is 2.35. The summed E-state index contributed by atoms with van der Waals surface area (Å²) in [5.74, 6) is 1.12. The van der Waals surface area contributed by atoms with Crippen LogP contribution >= 0.6 is 0 Å². The van der Waals surface area contributed by atoms with Gasteiger partial charge in [-0.25, -0.2) is 0 Å². The molecule has 0 bridgehead atoms. The minimum atomic E-state index is -4.41. The molecule has 0 aliphatic carbocycles. The second kappa shape index (κ2) is 5.77. The Labute approximate surface area is 131 Å². The lowest BCUT2D eigenvalue weighted by molar-refractivity contribution is -0.137. The molecule has 1 unspecified atom stereocenters. The first-order valence-electron chi connectivity index (χ1n) is 7.17. The van der Waals surface area contributed by atoms with E-state index >= 15 is 0 Å². The van der Waals surface area contributed by atoms with E-state index in [1.165, 1.54) is 7.11 Å². The molecule has 1 aliphatic rings. The second-order valence-corrected chi connectivity index (χ2v) is 5.42. The number of benzene rings is 2. The van der Waals surface area contributed by atoms with Crippen molar-refractivity contribution in [1.29, 1.82) is 0 Å². The van der Waals surface area contributed by atoms with Crippen LogP contribution in [0.15, 0.2) is 36.4 Å². The van der Waals surface area contributed by atoms with Crippen molar-refractivity contribution in [1.82, 2.24) is 0 Å². The number of ether oxygens (including phenoxy) is 2. The Morgan fingerprint density at radius 2 is 1.91 bits per heavy atom. The van der Waals surface area contributed by atoms with Crippen molar-refractivity contribution in [3.63, 3.8) is 0 Å². The van der Waals surface area contributed by atoms with Crippen molar-refractivity contribution in [3.8, 4) is 22.6 Å². The van der Waals surface area contributed by atoms with Gasteiger partial charge in [0.2, 0.25) is 0 Å². The fraction of sp³-hybridized carbons (Fsp3) is 0.294. The van der Waals surface area contributed by atoms with Gasteiger partial charge in [0, 0.05) is 18.5 Å². The average Bonchev–Trinajstić information content (AvgIpc) is 2.96. The first kappa shape index (κ1) is 15.7. The molecule has 1 aliphatic heterocycles. The van der Waals surface area contributed by atoms with Crippen molar-refractivity contribution in [3.05, 3.63) is 47.5 Å². The summed E-state index contributed by atoms with van der Waals surface area (Å²) >= 11 is 0. The SMILES string of the molecule is COc1ccc(-c2cc(C(F)(F)F)cc3c2OC(CN)C3)cc1. The molecule has 0 amide bonds. The maximum atomic E-state index is 13.2. The van der Waals surface area contributed by atoms with Crippen LogP contribution in [0.1, 0.15) is 11.1 Å². The molecule has 122 valence electrons. The molecule has 6 heteroatoms. The average molecular weight is 323 g/mol. The van der Waals surface area contributed by atoms with Gasteiger partial charge in [-0.15, -0.1) is 0 Å². The fourth-order valence-corrected chi connectivity index (χ4v) is 2.71. The molecule has 0 fully saturated rings. The molecule has 3 nitrogen and oxygen atoms in total. The van der Waals surface area contributed by atoms with E-state index in [-0.39, 0.29) is 12.6 Å². The summed E-state index contributed by atoms with van der Waals surface area (Å²) in [4.78, 5) is 0. The number of hydrogen-bond donors (Lipinski definition) is 1. The first-order valence-corrected chi connectivity index (χ1v) is 7.17. The number of hydrogen-bond acceptors (Lipinski definition) is 3. The lowest BCUT2D eigenvalue weighted by atomic mass is 9.97. The Kier molecular flexibility index (Phi) is 3.93. The molecular formula is C17H16F3NO2. The highest BCUT2D eigenvalue weighted by Crippen LogP contribution is 2.43. The molecule has 2 N–H and O–H groups in total. The molecule has 0 aromatic heterocycles.